The van der Waals surface area contributed by atoms with Gasteiger partial charge in [-0.2, -0.15) is 0 Å². The van der Waals surface area contributed by atoms with E-state index in [-0.39, 0.29) is 24.1 Å². The molecule has 178 valence electrons. The number of aliphatic hydroxyl groups excluding tert-OH is 2. The number of carbonyl (C=O) groups excluding carboxylic acids is 1. The molecule has 2 N–H and O–H groups in total. The number of methoxy groups -OCH3 is 1. The Morgan fingerprint density at radius 2 is 1.74 bits per heavy atom. The highest BCUT2D eigenvalue weighted by molar-refractivity contribution is 5.96. The van der Waals surface area contributed by atoms with Crippen LogP contribution >= 0.6 is 0 Å². The number of ether oxygens (including phenoxy) is 1. The topological polar surface area (TPSA) is 66.8 Å². The van der Waals surface area contributed by atoms with Gasteiger partial charge in [0.15, 0.2) is 0 Å². The van der Waals surface area contributed by atoms with Crippen molar-refractivity contribution in [2.45, 2.75) is 50.7 Å². The maximum absolute atomic E-state index is 13.7. The average molecular weight is 463 g/mol. The number of rotatable bonds is 8. The molecule has 2 aromatic carbocycles. The number of hydrogen-bond acceptors (Lipinski definition) is 4. The van der Waals surface area contributed by atoms with E-state index < -0.39 is 18.2 Å². The molecule has 2 aromatic rings. The Morgan fingerprint density at radius 3 is 2.38 bits per heavy atom. The second-order valence-corrected chi connectivity index (χ2v) is 9.14. The summed E-state index contributed by atoms with van der Waals surface area (Å²) in [6, 6.07) is 16.9. The summed E-state index contributed by atoms with van der Waals surface area (Å²) >= 11 is 0. The van der Waals surface area contributed by atoms with Crippen LogP contribution in [-0.2, 0) is 9.53 Å². The Bertz CT molecular complexity index is 1090. The van der Waals surface area contributed by atoms with Crippen molar-refractivity contribution in [3.63, 3.8) is 0 Å². The van der Waals surface area contributed by atoms with Gasteiger partial charge in [-0.3, -0.25) is 4.79 Å². The van der Waals surface area contributed by atoms with Crippen molar-refractivity contribution in [3.05, 3.63) is 95.3 Å². The van der Waals surface area contributed by atoms with Crippen molar-refractivity contribution >= 4 is 17.1 Å². The first-order valence-corrected chi connectivity index (χ1v) is 11.8. The zero-order valence-electron chi connectivity index (χ0n) is 19.4. The highest BCUT2D eigenvalue weighted by Crippen LogP contribution is 2.59. The van der Waals surface area contributed by atoms with Gasteiger partial charge in [-0.05, 0) is 58.9 Å². The molecule has 2 aliphatic rings. The molecule has 4 nitrogen and oxygen atoms in total. The van der Waals surface area contributed by atoms with E-state index in [1.165, 1.54) is 30.4 Å². The van der Waals surface area contributed by atoms with Crippen LogP contribution in [0.15, 0.2) is 78.4 Å². The third kappa shape index (κ3) is 5.06. The molecular weight excluding hydrogens is 431 g/mol. The lowest BCUT2D eigenvalue weighted by Crippen LogP contribution is -2.21. The average Bonchev–Trinajstić information content (AvgIpc) is 3.44. The molecule has 0 radical (unpaired) electrons. The molecule has 5 heteroatoms. The molecule has 0 aromatic heterocycles. The van der Waals surface area contributed by atoms with E-state index >= 15 is 0 Å². The third-order valence-electron chi connectivity index (χ3n) is 6.94. The molecule has 2 atom stereocenters. The van der Waals surface area contributed by atoms with Gasteiger partial charge in [0, 0.05) is 11.8 Å². The van der Waals surface area contributed by atoms with Crippen molar-refractivity contribution in [2.75, 3.05) is 7.11 Å². The van der Waals surface area contributed by atoms with E-state index in [1.807, 2.05) is 24.3 Å². The lowest BCUT2D eigenvalue weighted by molar-refractivity contribution is -0.143. The van der Waals surface area contributed by atoms with E-state index in [0.29, 0.717) is 0 Å². The highest BCUT2D eigenvalue weighted by atomic mass is 19.1. The van der Waals surface area contributed by atoms with E-state index in [9.17, 15) is 19.4 Å². The first-order valence-electron chi connectivity index (χ1n) is 11.8. The number of allylic oxidation sites excluding steroid dienone is 5. The molecule has 0 heterocycles. The van der Waals surface area contributed by atoms with Crippen LogP contribution in [0.1, 0.15) is 49.7 Å². The molecule has 2 aliphatic carbocycles. The van der Waals surface area contributed by atoms with Gasteiger partial charge < -0.3 is 14.9 Å². The minimum atomic E-state index is -0.986. The van der Waals surface area contributed by atoms with Gasteiger partial charge in [0.1, 0.15) is 5.82 Å². The zero-order chi connectivity index (χ0) is 24.1. The maximum atomic E-state index is 13.7. The SMILES string of the molecule is COC(=O)CC(O)CC(O)/C=C/C1=C(c2ccc(F)cc2)C=C(c2ccccc2)C12CCCC2. The number of halogens is 1. The van der Waals surface area contributed by atoms with Crippen LogP contribution < -0.4 is 0 Å². The van der Waals surface area contributed by atoms with Crippen molar-refractivity contribution in [2.24, 2.45) is 5.41 Å². The summed E-state index contributed by atoms with van der Waals surface area (Å²) in [6.07, 6.45) is 8.07. The maximum Gasteiger partial charge on any atom is 0.308 e. The first-order chi connectivity index (χ1) is 16.4. The zero-order valence-corrected chi connectivity index (χ0v) is 19.4. The molecule has 1 fully saturated rings. The first kappa shape index (κ1) is 24.1. The van der Waals surface area contributed by atoms with Gasteiger partial charge in [-0.1, -0.05) is 67.5 Å². The number of aliphatic hydroxyl groups is 2. The smallest absolute Gasteiger partial charge is 0.308 e. The predicted molar refractivity (Wildman–Crippen MR) is 131 cm³/mol. The summed E-state index contributed by atoms with van der Waals surface area (Å²) in [7, 11) is 1.27. The van der Waals surface area contributed by atoms with Crippen molar-refractivity contribution < 1.29 is 24.1 Å². The summed E-state index contributed by atoms with van der Waals surface area (Å²) in [5, 5.41) is 20.7. The van der Waals surface area contributed by atoms with Gasteiger partial charge >= 0.3 is 5.97 Å². The lowest BCUT2D eigenvalue weighted by atomic mass is 9.72. The Labute approximate surface area is 200 Å². The van der Waals surface area contributed by atoms with Crippen LogP contribution in [0.25, 0.3) is 11.1 Å². The molecule has 0 bridgehead atoms. The second kappa shape index (κ2) is 10.5. The minimum Gasteiger partial charge on any atom is -0.469 e. The van der Waals surface area contributed by atoms with Crippen LogP contribution in [-0.4, -0.2) is 35.5 Å². The highest BCUT2D eigenvalue weighted by Gasteiger charge is 2.45. The van der Waals surface area contributed by atoms with Crippen LogP contribution in [0, 0.1) is 11.2 Å². The quantitative estimate of drug-likeness (QED) is 0.511. The van der Waals surface area contributed by atoms with Gasteiger partial charge in [0.25, 0.3) is 0 Å². The molecule has 0 saturated heterocycles. The minimum absolute atomic E-state index is 0.0384. The van der Waals surface area contributed by atoms with Crippen molar-refractivity contribution in [1.82, 2.24) is 0 Å². The summed E-state index contributed by atoms with van der Waals surface area (Å²) < 4.78 is 18.3. The molecule has 2 unspecified atom stereocenters. The van der Waals surface area contributed by atoms with Crippen LogP contribution in [0.2, 0.25) is 0 Å². The molecular formula is C29H31FO4. The largest absolute Gasteiger partial charge is 0.469 e. The molecule has 0 aliphatic heterocycles. The van der Waals surface area contributed by atoms with Crippen LogP contribution in [0.4, 0.5) is 4.39 Å². The predicted octanol–water partition coefficient (Wildman–Crippen LogP) is 5.47. The summed E-state index contributed by atoms with van der Waals surface area (Å²) in [5.41, 5.74) is 5.31. The lowest BCUT2D eigenvalue weighted by Gasteiger charge is -2.31. The number of esters is 1. The fraction of sp³-hybridized carbons (Fsp3) is 0.345. The molecule has 1 spiro atoms. The van der Waals surface area contributed by atoms with Crippen molar-refractivity contribution in [1.29, 1.82) is 0 Å². The Hall–Kier alpha value is -3.02. The van der Waals surface area contributed by atoms with E-state index in [4.69, 9.17) is 0 Å². The normalized spacial score (nSPS) is 19.0. The van der Waals surface area contributed by atoms with Gasteiger partial charge in [0.2, 0.25) is 0 Å². The molecule has 4 rings (SSSR count). The fourth-order valence-electron chi connectivity index (χ4n) is 5.30. The Balaban J connectivity index is 1.70. The van der Waals surface area contributed by atoms with Gasteiger partial charge in [-0.25, -0.2) is 4.39 Å². The van der Waals surface area contributed by atoms with E-state index in [2.05, 4.69) is 22.9 Å². The summed E-state index contributed by atoms with van der Waals surface area (Å²) in [6.45, 7) is 0. The number of benzene rings is 2. The number of hydrogen-bond donors (Lipinski definition) is 2. The molecule has 0 amide bonds. The van der Waals surface area contributed by atoms with Gasteiger partial charge in [-0.15, -0.1) is 0 Å². The van der Waals surface area contributed by atoms with E-state index in [1.54, 1.807) is 18.2 Å². The van der Waals surface area contributed by atoms with Crippen LogP contribution in [0.3, 0.4) is 0 Å². The second-order valence-electron chi connectivity index (χ2n) is 9.14. The van der Waals surface area contributed by atoms with Crippen LogP contribution in [0.5, 0.6) is 0 Å². The standard InChI is InChI=1S/C29H31FO4/c1-34-28(33)18-24(32)17-23(31)13-14-26-25(20-9-11-22(30)12-10-20)19-27(21-7-3-2-4-8-21)29(26)15-5-6-16-29/h2-4,7-14,19,23-24,31-32H,5-6,15-18H2,1H3/b14-13+. The summed E-state index contributed by atoms with van der Waals surface area (Å²) in [4.78, 5) is 11.4. The summed E-state index contributed by atoms with van der Waals surface area (Å²) in [5.74, 6) is -0.792. The van der Waals surface area contributed by atoms with E-state index in [0.717, 1.165) is 42.4 Å². The van der Waals surface area contributed by atoms with Crippen molar-refractivity contribution in [3.8, 4) is 0 Å². The van der Waals surface area contributed by atoms with Gasteiger partial charge in [0.05, 0.1) is 25.7 Å². The fourth-order valence-corrected chi connectivity index (χ4v) is 5.30. The third-order valence-corrected chi connectivity index (χ3v) is 6.94. The Morgan fingerprint density at radius 1 is 1.06 bits per heavy atom. The molecule has 1 saturated carbocycles. The Kier molecular flexibility index (Phi) is 7.44. The number of carbonyl (C=O) groups is 1. The molecule has 34 heavy (non-hydrogen) atoms. The monoisotopic (exact) mass is 462 g/mol.